The zero-order chi connectivity index (χ0) is 13.4. The maximum atomic E-state index is 10.8. The van der Waals surface area contributed by atoms with Crippen molar-refractivity contribution in [2.75, 3.05) is 13.6 Å². The second-order valence-corrected chi connectivity index (χ2v) is 6.20. The Bertz CT molecular complexity index is 468. The highest BCUT2D eigenvalue weighted by atomic mass is 16.4. The molecule has 0 saturated heterocycles. The Morgan fingerprint density at radius 2 is 2.26 bits per heavy atom. The monoisotopic (exact) mass is 263 g/mol. The summed E-state index contributed by atoms with van der Waals surface area (Å²) in [6.07, 6.45) is 5.66. The first-order chi connectivity index (χ1) is 9.11. The van der Waals surface area contributed by atoms with Crippen molar-refractivity contribution in [2.45, 2.75) is 32.2 Å². The molecule has 104 valence electrons. The molecular formula is C15H21NO3. The number of hydrogen-bond donors (Lipinski definition) is 1. The van der Waals surface area contributed by atoms with Crippen LogP contribution in [0.4, 0.5) is 0 Å². The standard InChI is InChI=1S/C15H21NO3/c1-16(8-12-7-10-2-3-11(12)6-10)9-13-4-5-14(19-13)15(17)18/h4-5,10-12H,2-3,6-9H2,1H3,(H,17,18). The Balaban J connectivity index is 1.53. The molecule has 19 heavy (non-hydrogen) atoms. The van der Waals surface area contributed by atoms with Crippen molar-refractivity contribution in [2.24, 2.45) is 17.8 Å². The van der Waals surface area contributed by atoms with Crippen LogP contribution in [-0.4, -0.2) is 29.6 Å². The molecule has 1 aromatic rings. The molecular weight excluding hydrogens is 242 g/mol. The molecule has 3 atom stereocenters. The zero-order valence-corrected chi connectivity index (χ0v) is 11.3. The molecule has 2 fully saturated rings. The molecule has 3 unspecified atom stereocenters. The maximum absolute atomic E-state index is 10.8. The van der Waals surface area contributed by atoms with Gasteiger partial charge in [0.05, 0.1) is 6.54 Å². The number of aromatic carboxylic acids is 1. The summed E-state index contributed by atoms with van der Waals surface area (Å²) in [6.45, 7) is 1.80. The molecule has 2 saturated carbocycles. The van der Waals surface area contributed by atoms with Gasteiger partial charge in [0.25, 0.3) is 0 Å². The molecule has 1 N–H and O–H groups in total. The molecule has 3 rings (SSSR count). The number of furan rings is 1. The molecule has 4 nitrogen and oxygen atoms in total. The second-order valence-electron chi connectivity index (χ2n) is 6.20. The third-order valence-corrected chi connectivity index (χ3v) is 4.73. The first-order valence-corrected chi connectivity index (χ1v) is 7.12. The normalized spacial score (nSPS) is 29.3. The van der Waals surface area contributed by atoms with Crippen LogP contribution < -0.4 is 0 Å². The van der Waals surface area contributed by atoms with Gasteiger partial charge in [-0.1, -0.05) is 6.42 Å². The fraction of sp³-hybridized carbons (Fsp3) is 0.667. The van der Waals surface area contributed by atoms with Crippen molar-refractivity contribution in [3.8, 4) is 0 Å². The minimum Gasteiger partial charge on any atom is -0.475 e. The van der Waals surface area contributed by atoms with Crippen LogP contribution in [0.15, 0.2) is 16.5 Å². The zero-order valence-electron chi connectivity index (χ0n) is 11.3. The molecule has 2 bridgehead atoms. The lowest BCUT2D eigenvalue weighted by Gasteiger charge is -2.26. The number of nitrogens with zero attached hydrogens (tertiary/aromatic N) is 1. The summed E-state index contributed by atoms with van der Waals surface area (Å²) in [5, 5.41) is 8.83. The average Bonchev–Trinajstić information content (AvgIpc) is 3.03. The molecule has 0 aliphatic heterocycles. The summed E-state index contributed by atoms with van der Waals surface area (Å²) >= 11 is 0. The molecule has 1 heterocycles. The minimum atomic E-state index is -0.998. The van der Waals surface area contributed by atoms with Gasteiger partial charge in [0.2, 0.25) is 5.76 Å². The number of carboxylic acid groups (broad SMARTS) is 1. The number of hydrogen-bond acceptors (Lipinski definition) is 3. The highest BCUT2D eigenvalue weighted by Gasteiger charge is 2.39. The number of carbonyl (C=O) groups is 1. The first kappa shape index (κ1) is 12.7. The Hall–Kier alpha value is -1.29. The van der Waals surface area contributed by atoms with Crippen LogP contribution in [0, 0.1) is 17.8 Å². The molecule has 2 aliphatic carbocycles. The molecule has 1 aromatic heterocycles. The SMILES string of the molecule is CN(Cc1ccc(C(=O)O)o1)CC1CC2CCC1C2. The van der Waals surface area contributed by atoms with E-state index in [-0.39, 0.29) is 5.76 Å². The van der Waals surface area contributed by atoms with Gasteiger partial charge in [0.15, 0.2) is 0 Å². The van der Waals surface area contributed by atoms with Crippen molar-refractivity contribution < 1.29 is 14.3 Å². The van der Waals surface area contributed by atoms with Crippen LogP contribution in [0.25, 0.3) is 0 Å². The van der Waals surface area contributed by atoms with Gasteiger partial charge in [0, 0.05) is 6.54 Å². The van der Waals surface area contributed by atoms with E-state index in [9.17, 15) is 4.79 Å². The Kier molecular flexibility index (Phi) is 3.35. The lowest BCUT2D eigenvalue weighted by atomic mass is 9.88. The number of fused-ring (bicyclic) bond motifs is 2. The average molecular weight is 263 g/mol. The Morgan fingerprint density at radius 3 is 2.84 bits per heavy atom. The van der Waals surface area contributed by atoms with E-state index in [4.69, 9.17) is 9.52 Å². The van der Waals surface area contributed by atoms with Gasteiger partial charge in [-0.3, -0.25) is 4.90 Å². The van der Waals surface area contributed by atoms with Crippen LogP contribution in [0.3, 0.4) is 0 Å². The molecule has 0 radical (unpaired) electrons. The number of rotatable bonds is 5. The van der Waals surface area contributed by atoms with Crippen LogP contribution in [0.1, 0.15) is 42.0 Å². The van der Waals surface area contributed by atoms with Crippen molar-refractivity contribution in [3.05, 3.63) is 23.7 Å². The predicted octanol–water partition coefficient (Wildman–Crippen LogP) is 2.85. The largest absolute Gasteiger partial charge is 0.475 e. The number of carboxylic acids is 1. The molecule has 2 aliphatic rings. The van der Waals surface area contributed by atoms with Crippen molar-refractivity contribution in [3.63, 3.8) is 0 Å². The third kappa shape index (κ3) is 2.68. The first-order valence-electron chi connectivity index (χ1n) is 7.12. The van der Waals surface area contributed by atoms with Crippen molar-refractivity contribution in [1.29, 1.82) is 0 Å². The summed E-state index contributed by atoms with van der Waals surface area (Å²) in [5.74, 6) is 2.51. The predicted molar refractivity (Wildman–Crippen MR) is 70.9 cm³/mol. The van der Waals surface area contributed by atoms with Crippen LogP contribution >= 0.6 is 0 Å². The van der Waals surface area contributed by atoms with Gasteiger partial charge in [0.1, 0.15) is 5.76 Å². The molecule has 0 aromatic carbocycles. The van der Waals surface area contributed by atoms with E-state index < -0.39 is 5.97 Å². The van der Waals surface area contributed by atoms with E-state index >= 15 is 0 Å². The van der Waals surface area contributed by atoms with Gasteiger partial charge in [-0.25, -0.2) is 4.79 Å². The highest BCUT2D eigenvalue weighted by molar-refractivity contribution is 5.84. The van der Waals surface area contributed by atoms with Gasteiger partial charge in [-0.15, -0.1) is 0 Å². The van der Waals surface area contributed by atoms with Crippen LogP contribution in [0.5, 0.6) is 0 Å². The quantitative estimate of drug-likeness (QED) is 0.887. The third-order valence-electron chi connectivity index (χ3n) is 4.73. The lowest BCUT2D eigenvalue weighted by Crippen LogP contribution is -2.28. The maximum Gasteiger partial charge on any atom is 0.371 e. The summed E-state index contributed by atoms with van der Waals surface area (Å²) in [4.78, 5) is 13.0. The minimum absolute atomic E-state index is 0.0309. The van der Waals surface area contributed by atoms with Crippen molar-refractivity contribution in [1.82, 2.24) is 4.90 Å². The Morgan fingerprint density at radius 1 is 1.42 bits per heavy atom. The molecule has 0 amide bonds. The van der Waals surface area contributed by atoms with Crippen LogP contribution in [-0.2, 0) is 6.54 Å². The van der Waals surface area contributed by atoms with E-state index in [0.29, 0.717) is 6.54 Å². The van der Waals surface area contributed by atoms with Gasteiger partial charge in [-0.2, -0.15) is 0 Å². The fourth-order valence-electron chi connectivity index (χ4n) is 3.91. The highest BCUT2D eigenvalue weighted by Crippen LogP contribution is 2.48. The lowest BCUT2D eigenvalue weighted by molar-refractivity contribution is 0.0658. The second kappa shape index (κ2) is 5.00. The molecule has 0 spiro atoms. The topological polar surface area (TPSA) is 53.7 Å². The summed E-state index contributed by atoms with van der Waals surface area (Å²) in [5.41, 5.74) is 0. The smallest absolute Gasteiger partial charge is 0.371 e. The van der Waals surface area contributed by atoms with Gasteiger partial charge >= 0.3 is 5.97 Å². The van der Waals surface area contributed by atoms with E-state index in [1.807, 2.05) is 0 Å². The van der Waals surface area contributed by atoms with E-state index in [1.165, 1.54) is 31.7 Å². The Labute approximate surface area is 113 Å². The van der Waals surface area contributed by atoms with E-state index in [1.54, 1.807) is 6.07 Å². The van der Waals surface area contributed by atoms with Crippen molar-refractivity contribution >= 4 is 5.97 Å². The van der Waals surface area contributed by atoms with E-state index in [2.05, 4.69) is 11.9 Å². The summed E-state index contributed by atoms with van der Waals surface area (Å²) in [7, 11) is 2.09. The van der Waals surface area contributed by atoms with Crippen LogP contribution in [0.2, 0.25) is 0 Å². The summed E-state index contributed by atoms with van der Waals surface area (Å²) in [6, 6.07) is 3.30. The van der Waals surface area contributed by atoms with Gasteiger partial charge in [-0.05, 0) is 56.2 Å². The van der Waals surface area contributed by atoms with E-state index in [0.717, 1.165) is 30.1 Å². The van der Waals surface area contributed by atoms with Gasteiger partial charge < -0.3 is 9.52 Å². The fourth-order valence-corrected chi connectivity index (χ4v) is 3.91. The molecule has 4 heteroatoms. The summed E-state index contributed by atoms with van der Waals surface area (Å²) < 4.78 is 5.30.